The van der Waals surface area contributed by atoms with Gasteiger partial charge < -0.3 is 5.32 Å². The zero-order chi connectivity index (χ0) is 11.1. The van der Waals surface area contributed by atoms with Gasteiger partial charge in [-0.2, -0.15) is 5.10 Å². The van der Waals surface area contributed by atoms with Crippen molar-refractivity contribution >= 4 is 10.9 Å². The molecule has 1 aromatic carbocycles. The summed E-state index contributed by atoms with van der Waals surface area (Å²) in [6, 6.07) is 5.24. The predicted molar refractivity (Wildman–Crippen MR) is 61.0 cm³/mol. The minimum atomic E-state index is -0.195. The van der Waals surface area contributed by atoms with Gasteiger partial charge in [-0.25, -0.2) is 4.39 Å². The molecule has 1 aliphatic heterocycles. The van der Waals surface area contributed by atoms with Crippen molar-refractivity contribution in [1.82, 2.24) is 15.1 Å². The molecule has 1 unspecified atom stereocenters. The minimum absolute atomic E-state index is 0.195. The summed E-state index contributed by atoms with van der Waals surface area (Å²) in [6.45, 7) is 3.91. The topological polar surface area (TPSA) is 29.9 Å². The van der Waals surface area contributed by atoms with Gasteiger partial charge in [0.25, 0.3) is 0 Å². The average Bonchev–Trinajstić information content (AvgIpc) is 2.86. The molecule has 1 aromatic heterocycles. The van der Waals surface area contributed by atoms with E-state index in [0.717, 1.165) is 36.1 Å². The van der Waals surface area contributed by atoms with E-state index in [1.54, 1.807) is 6.07 Å². The van der Waals surface area contributed by atoms with Crippen molar-refractivity contribution in [3.63, 3.8) is 0 Å². The lowest BCUT2D eigenvalue weighted by Crippen LogP contribution is -2.14. The average molecular weight is 219 g/mol. The van der Waals surface area contributed by atoms with Crippen molar-refractivity contribution in [1.29, 1.82) is 0 Å². The molecule has 3 nitrogen and oxygen atoms in total. The number of nitrogens with zero attached hydrogens (tertiary/aromatic N) is 2. The molecule has 84 valence electrons. The monoisotopic (exact) mass is 219 g/mol. The lowest BCUT2D eigenvalue weighted by molar-refractivity contribution is 0.502. The summed E-state index contributed by atoms with van der Waals surface area (Å²) in [5.74, 6) is -0.195. The fourth-order valence-corrected chi connectivity index (χ4v) is 2.40. The molecule has 0 bridgehead atoms. The van der Waals surface area contributed by atoms with Crippen LogP contribution in [0.4, 0.5) is 4.39 Å². The van der Waals surface area contributed by atoms with E-state index in [1.807, 2.05) is 17.7 Å². The summed E-state index contributed by atoms with van der Waals surface area (Å²) < 4.78 is 15.2. The second-order valence-corrected chi connectivity index (χ2v) is 4.34. The van der Waals surface area contributed by atoms with Crippen LogP contribution in [-0.2, 0) is 0 Å². The first-order valence-electron chi connectivity index (χ1n) is 5.61. The van der Waals surface area contributed by atoms with Crippen LogP contribution in [0.2, 0.25) is 0 Å². The van der Waals surface area contributed by atoms with Gasteiger partial charge in [0.15, 0.2) is 0 Å². The normalized spacial score (nSPS) is 20.8. The van der Waals surface area contributed by atoms with Crippen molar-refractivity contribution in [2.75, 3.05) is 13.1 Å². The van der Waals surface area contributed by atoms with Crippen LogP contribution >= 0.6 is 0 Å². The third-order valence-electron chi connectivity index (χ3n) is 3.23. The molecule has 1 N–H and O–H groups in total. The number of aryl methyl sites for hydroxylation is 1. The van der Waals surface area contributed by atoms with Crippen LogP contribution in [0, 0.1) is 12.7 Å². The molecule has 2 heterocycles. The van der Waals surface area contributed by atoms with Crippen molar-refractivity contribution in [3.8, 4) is 0 Å². The zero-order valence-corrected chi connectivity index (χ0v) is 9.20. The van der Waals surface area contributed by atoms with Crippen molar-refractivity contribution < 1.29 is 4.39 Å². The lowest BCUT2D eigenvalue weighted by Gasteiger charge is -2.10. The van der Waals surface area contributed by atoms with Gasteiger partial charge in [0.05, 0.1) is 17.3 Å². The number of nitrogens with one attached hydrogen (secondary N) is 1. The third kappa shape index (κ3) is 1.41. The molecule has 2 aromatic rings. The Morgan fingerprint density at radius 3 is 3.12 bits per heavy atom. The Morgan fingerprint density at radius 1 is 1.50 bits per heavy atom. The van der Waals surface area contributed by atoms with Crippen molar-refractivity contribution in [2.24, 2.45) is 0 Å². The number of hydrogen-bond acceptors (Lipinski definition) is 2. The molecule has 0 spiro atoms. The third-order valence-corrected chi connectivity index (χ3v) is 3.23. The second-order valence-electron chi connectivity index (χ2n) is 4.34. The Labute approximate surface area is 93.3 Å². The molecule has 16 heavy (non-hydrogen) atoms. The van der Waals surface area contributed by atoms with Crippen LogP contribution in [0.15, 0.2) is 18.2 Å². The summed E-state index contributed by atoms with van der Waals surface area (Å²) in [5.41, 5.74) is 1.88. The maximum absolute atomic E-state index is 13.3. The Bertz CT molecular complexity index is 526. The van der Waals surface area contributed by atoms with E-state index in [1.165, 1.54) is 6.07 Å². The molecule has 4 heteroatoms. The van der Waals surface area contributed by atoms with Gasteiger partial charge >= 0.3 is 0 Å². The molecule has 0 amide bonds. The molecule has 0 radical (unpaired) electrons. The van der Waals surface area contributed by atoms with Gasteiger partial charge in [-0.05, 0) is 38.1 Å². The summed E-state index contributed by atoms with van der Waals surface area (Å²) in [4.78, 5) is 0. The van der Waals surface area contributed by atoms with Gasteiger partial charge in [0.1, 0.15) is 5.82 Å². The van der Waals surface area contributed by atoms with Gasteiger partial charge in [-0.15, -0.1) is 0 Å². The number of halogens is 1. The summed E-state index contributed by atoms with van der Waals surface area (Å²) in [5, 5.41) is 8.88. The number of rotatable bonds is 1. The van der Waals surface area contributed by atoms with Crippen LogP contribution in [-0.4, -0.2) is 22.9 Å². The van der Waals surface area contributed by atoms with Crippen LogP contribution < -0.4 is 5.32 Å². The molecular formula is C12H14FN3. The molecule has 0 saturated carbocycles. The Hall–Kier alpha value is -1.42. The Kier molecular flexibility index (Phi) is 2.17. The molecule has 1 aliphatic rings. The highest BCUT2D eigenvalue weighted by atomic mass is 19.1. The van der Waals surface area contributed by atoms with E-state index >= 15 is 0 Å². The highest BCUT2D eigenvalue weighted by molar-refractivity contribution is 5.81. The summed E-state index contributed by atoms with van der Waals surface area (Å²) >= 11 is 0. The predicted octanol–water partition coefficient (Wildman–Crippen LogP) is 2.02. The first-order chi connectivity index (χ1) is 7.75. The largest absolute Gasteiger partial charge is 0.315 e. The summed E-state index contributed by atoms with van der Waals surface area (Å²) in [7, 11) is 0. The highest BCUT2D eigenvalue weighted by Gasteiger charge is 2.20. The molecule has 1 fully saturated rings. The second kappa shape index (κ2) is 3.56. The molecule has 1 atom stereocenters. The van der Waals surface area contributed by atoms with E-state index in [4.69, 9.17) is 0 Å². The molecular weight excluding hydrogens is 205 g/mol. The van der Waals surface area contributed by atoms with Crippen molar-refractivity contribution in [2.45, 2.75) is 19.4 Å². The van der Waals surface area contributed by atoms with Crippen LogP contribution in [0.3, 0.4) is 0 Å². The number of fused-ring (bicyclic) bond motifs is 1. The van der Waals surface area contributed by atoms with Crippen molar-refractivity contribution in [3.05, 3.63) is 29.7 Å². The number of aromatic nitrogens is 2. The van der Waals surface area contributed by atoms with E-state index in [9.17, 15) is 4.39 Å². The maximum Gasteiger partial charge on any atom is 0.125 e. The maximum atomic E-state index is 13.3. The highest BCUT2D eigenvalue weighted by Crippen LogP contribution is 2.25. The first-order valence-corrected chi connectivity index (χ1v) is 5.61. The van der Waals surface area contributed by atoms with Gasteiger partial charge in [0, 0.05) is 11.9 Å². The van der Waals surface area contributed by atoms with E-state index < -0.39 is 0 Å². The van der Waals surface area contributed by atoms with Gasteiger partial charge in [-0.3, -0.25) is 4.68 Å². The lowest BCUT2D eigenvalue weighted by atomic mass is 10.2. The van der Waals surface area contributed by atoms with E-state index in [-0.39, 0.29) is 5.82 Å². The molecule has 3 rings (SSSR count). The van der Waals surface area contributed by atoms with Gasteiger partial charge in [0.2, 0.25) is 0 Å². The fourth-order valence-electron chi connectivity index (χ4n) is 2.40. The number of hydrogen-bond donors (Lipinski definition) is 1. The SMILES string of the molecule is Cc1nn(C2CCNC2)c2cc(F)ccc12. The van der Waals surface area contributed by atoms with Crippen LogP contribution in [0.25, 0.3) is 10.9 Å². The van der Waals surface area contributed by atoms with Crippen LogP contribution in [0.1, 0.15) is 18.2 Å². The van der Waals surface area contributed by atoms with Crippen LogP contribution in [0.5, 0.6) is 0 Å². The first kappa shape index (κ1) is 9.78. The molecule has 1 saturated heterocycles. The smallest absolute Gasteiger partial charge is 0.125 e. The molecule has 0 aliphatic carbocycles. The minimum Gasteiger partial charge on any atom is -0.315 e. The standard InChI is InChI=1S/C12H14FN3/c1-8-11-3-2-9(13)6-12(11)16(15-8)10-4-5-14-7-10/h2-3,6,10,14H,4-5,7H2,1H3. The fraction of sp³-hybridized carbons (Fsp3) is 0.417. The van der Waals surface area contributed by atoms with E-state index in [2.05, 4.69) is 10.4 Å². The summed E-state index contributed by atoms with van der Waals surface area (Å²) in [6.07, 6.45) is 1.06. The quantitative estimate of drug-likeness (QED) is 0.795. The van der Waals surface area contributed by atoms with E-state index in [0.29, 0.717) is 6.04 Å². The Balaban J connectivity index is 2.19. The Morgan fingerprint density at radius 2 is 2.38 bits per heavy atom. The zero-order valence-electron chi connectivity index (χ0n) is 9.20. The number of benzene rings is 1. The van der Waals surface area contributed by atoms with Gasteiger partial charge in [-0.1, -0.05) is 0 Å².